The number of H-pyrrole nitrogens is 1. The third kappa shape index (κ3) is 4.27. The first-order valence-electron chi connectivity index (χ1n) is 9.18. The lowest BCUT2D eigenvalue weighted by atomic mass is 9.98. The van der Waals surface area contributed by atoms with Crippen LogP contribution in [0.15, 0.2) is 36.5 Å². The first kappa shape index (κ1) is 19.3. The molecule has 27 heavy (non-hydrogen) atoms. The van der Waals surface area contributed by atoms with Crippen molar-refractivity contribution in [3.63, 3.8) is 0 Å². The van der Waals surface area contributed by atoms with Crippen LogP contribution in [0.4, 0.5) is 0 Å². The van der Waals surface area contributed by atoms with Crippen LogP contribution >= 0.6 is 11.3 Å². The molecule has 1 atom stereocenters. The SMILES string of the molecule is CCC(NC(=O)c1sc(C(C)(C)C)nc1C)c1ncc(-c2ccccc2)[nH]1. The maximum Gasteiger partial charge on any atom is 0.263 e. The molecule has 0 spiro atoms. The van der Waals surface area contributed by atoms with E-state index in [2.05, 4.69) is 41.0 Å². The molecular formula is C21H26N4OS. The van der Waals surface area contributed by atoms with Crippen LogP contribution in [-0.4, -0.2) is 20.9 Å². The van der Waals surface area contributed by atoms with Gasteiger partial charge < -0.3 is 10.3 Å². The zero-order valence-electron chi connectivity index (χ0n) is 16.5. The van der Waals surface area contributed by atoms with Gasteiger partial charge in [-0.2, -0.15) is 0 Å². The van der Waals surface area contributed by atoms with E-state index in [4.69, 9.17) is 0 Å². The molecule has 0 aliphatic rings. The van der Waals surface area contributed by atoms with Crippen LogP contribution in [-0.2, 0) is 5.41 Å². The molecule has 3 rings (SSSR count). The molecular weight excluding hydrogens is 356 g/mol. The molecule has 1 unspecified atom stereocenters. The molecule has 2 heterocycles. The molecule has 3 aromatic rings. The molecule has 1 aromatic carbocycles. The lowest BCUT2D eigenvalue weighted by molar-refractivity contribution is 0.0937. The molecule has 1 amide bonds. The Kier molecular flexibility index (Phi) is 5.46. The zero-order valence-corrected chi connectivity index (χ0v) is 17.3. The number of aromatic amines is 1. The highest BCUT2D eigenvalue weighted by Gasteiger charge is 2.25. The van der Waals surface area contributed by atoms with Gasteiger partial charge in [0.05, 0.1) is 28.6 Å². The number of rotatable bonds is 5. The summed E-state index contributed by atoms with van der Waals surface area (Å²) in [4.78, 5) is 25.9. The second-order valence-corrected chi connectivity index (χ2v) is 8.67. The summed E-state index contributed by atoms with van der Waals surface area (Å²) in [6.45, 7) is 10.2. The Morgan fingerprint density at radius 3 is 2.56 bits per heavy atom. The van der Waals surface area contributed by atoms with Gasteiger partial charge in [-0.25, -0.2) is 9.97 Å². The molecule has 2 N–H and O–H groups in total. The molecule has 0 aliphatic heterocycles. The third-order valence-electron chi connectivity index (χ3n) is 4.37. The number of hydrogen-bond donors (Lipinski definition) is 2. The number of nitrogens with zero attached hydrogens (tertiary/aromatic N) is 2. The number of amides is 1. The summed E-state index contributed by atoms with van der Waals surface area (Å²) in [5.41, 5.74) is 2.73. The van der Waals surface area contributed by atoms with Crippen LogP contribution in [0.2, 0.25) is 0 Å². The molecule has 0 radical (unpaired) electrons. The maximum absolute atomic E-state index is 12.8. The Hall–Kier alpha value is -2.47. The molecule has 142 valence electrons. The number of nitrogens with one attached hydrogen (secondary N) is 2. The van der Waals surface area contributed by atoms with Crippen molar-refractivity contribution in [2.24, 2.45) is 0 Å². The van der Waals surface area contributed by atoms with Crippen LogP contribution in [0.1, 0.15) is 66.4 Å². The first-order chi connectivity index (χ1) is 12.8. The fourth-order valence-electron chi connectivity index (χ4n) is 2.79. The highest BCUT2D eigenvalue weighted by Crippen LogP contribution is 2.29. The van der Waals surface area contributed by atoms with Crippen molar-refractivity contribution < 1.29 is 4.79 Å². The van der Waals surface area contributed by atoms with E-state index >= 15 is 0 Å². The summed E-state index contributed by atoms with van der Waals surface area (Å²) in [6.07, 6.45) is 2.56. The second kappa shape index (κ2) is 7.64. The number of hydrogen-bond acceptors (Lipinski definition) is 4. The standard InChI is InChI=1S/C21H26N4OS/c1-6-15(18-22-12-16(24-18)14-10-8-7-9-11-14)25-19(26)17-13(2)23-20(27-17)21(3,4)5/h7-12,15H,6H2,1-5H3,(H,22,24)(H,25,26). The topological polar surface area (TPSA) is 70.7 Å². The van der Waals surface area contributed by atoms with Crippen LogP contribution in [0.25, 0.3) is 11.3 Å². The number of benzene rings is 1. The monoisotopic (exact) mass is 382 g/mol. The van der Waals surface area contributed by atoms with Gasteiger partial charge in [-0.15, -0.1) is 11.3 Å². The summed E-state index contributed by atoms with van der Waals surface area (Å²) >= 11 is 1.47. The van der Waals surface area contributed by atoms with Crippen LogP contribution < -0.4 is 5.32 Å². The van der Waals surface area contributed by atoms with E-state index in [0.29, 0.717) is 4.88 Å². The lowest BCUT2D eigenvalue weighted by Gasteiger charge is -2.15. The minimum absolute atomic E-state index is 0.0658. The second-order valence-electron chi connectivity index (χ2n) is 7.67. The van der Waals surface area contributed by atoms with E-state index in [9.17, 15) is 4.79 Å². The number of imidazole rings is 1. The number of carbonyl (C=O) groups excluding carboxylic acids is 1. The van der Waals surface area contributed by atoms with Gasteiger partial charge in [-0.3, -0.25) is 4.79 Å². The van der Waals surface area contributed by atoms with Gasteiger partial charge in [0.2, 0.25) is 0 Å². The quantitative estimate of drug-likeness (QED) is 0.651. The molecule has 0 fully saturated rings. The molecule has 0 aliphatic carbocycles. The Bertz CT molecular complexity index is 921. The minimum atomic E-state index is -0.172. The summed E-state index contributed by atoms with van der Waals surface area (Å²) in [5.74, 6) is 0.674. The number of thiazole rings is 1. The van der Waals surface area contributed by atoms with E-state index in [1.54, 1.807) is 0 Å². The molecule has 0 bridgehead atoms. The fourth-order valence-corrected chi connectivity index (χ4v) is 3.82. The van der Waals surface area contributed by atoms with Gasteiger partial charge in [0.15, 0.2) is 0 Å². The largest absolute Gasteiger partial charge is 0.341 e. The van der Waals surface area contributed by atoms with Gasteiger partial charge in [0.1, 0.15) is 10.7 Å². The van der Waals surface area contributed by atoms with Crippen LogP contribution in [0.3, 0.4) is 0 Å². The maximum atomic E-state index is 12.8. The van der Waals surface area contributed by atoms with Crippen molar-refractivity contribution in [2.75, 3.05) is 0 Å². The zero-order chi connectivity index (χ0) is 19.6. The first-order valence-corrected chi connectivity index (χ1v) is 10.00. The highest BCUT2D eigenvalue weighted by atomic mass is 32.1. The molecule has 2 aromatic heterocycles. The van der Waals surface area contributed by atoms with Crippen molar-refractivity contribution in [1.29, 1.82) is 0 Å². The van der Waals surface area contributed by atoms with Gasteiger partial charge in [0.25, 0.3) is 5.91 Å². The predicted octanol–water partition coefficient (Wildman–Crippen LogP) is 5.02. The Morgan fingerprint density at radius 2 is 1.96 bits per heavy atom. The average Bonchev–Trinajstić information content (AvgIpc) is 3.27. The van der Waals surface area contributed by atoms with Gasteiger partial charge in [0, 0.05) is 5.41 Å². The summed E-state index contributed by atoms with van der Waals surface area (Å²) in [7, 11) is 0. The summed E-state index contributed by atoms with van der Waals surface area (Å²) in [5, 5.41) is 4.08. The predicted molar refractivity (Wildman–Crippen MR) is 110 cm³/mol. The fraction of sp³-hybridized carbons (Fsp3) is 0.381. The number of carbonyl (C=O) groups is 1. The third-order valence-corrected chi connectivity index (χ3v) is 5.95. The van der Waals surface area contributed by atoms with Crippen LogP contribution in [0.5, 0.6) is 0 Å². The minimum Gasteiger partial charge on any atom is -0.341 e. The Labute approximate surface area is 164 Å². The summed E-state index contributed by atoms with van der Waals surface area (Å²) < 4.78 is 0. The summed E-state index contributed by atoms with van der Waals surface area (Å²) in [6, 6.07) is 9.87. The molecule has 0 saturated carbocycles. The van der Waals surface area contributed by atoms with E-state index in [1.165, 1.54) is 11.3 Å². The Morgan fingerprint density at radius 1 is 1.26 bits per heavy atom. The van der Waals surface area contributed by atoms with E-state index in [-0.39, 0.29) is 17.4 Å². The molecule has 0 saturated heterocycles. The van der Waals surface area contributed by atoms with Gasteiger partial charge in [-0.1, -0.05) is 58.0 Å². The number of aryl methyl sites for hydroxylation is 1. The van der Waals surface area contributed by atoms with Gasteiger partial charge in [-0.05, 0) is 18.9 Å². The van der Waals surface area contributed by atoms with Gasteiger partial charge >= 0.3 is 0 Å². The van der Waals surface area contributed by atoms with Crippen molar-refractivity contribution in [3.05, 3.63) is 57.9 Å². The number of aromatic nitrogens is 3. The highest BCUT2D eigenvalue weighted by molar-refractivity contribution is 7.14. The normalized spacial score (nSPS) is 12.8. The van der Waals surface area contributed by atoms with Crippen molar-refractivity contribution in [1.82, 2.24) is 20.3 Å². The molecule has 5 nitrogen and oxygen atoms in total. The van der Waals surface area contributed by atoms with Crippen molar-refractivity contribution >= 4 is 17.2 Å². The lowest BCUT2D eigenvalue weighted by Crippen LogP contribution is -2.28. The van der Waals surface area contributed by atoms with Crippen LogP contribution in [0, 0.1) is 6.92 Å². The van der Waals surface area contributed by atoms with Crippen molar-refractivity contribution in [2.45, 2.75) is 52.5 Å². The van der Waals surface area contributed by atoms with E-state index < -0.39 is 0 Å². The Balaban J connectivity index is 1.79. The van der Waals surface area contributed by atoms with E-state index in [1.807, 2.05) is 50.4 Å². The average molecular weight is 383 g/mol. The smallest absolute Gasteiger partial charge is 0.263 e. The van der Waals surface area contributed by atoms with E-state index in [0.717, 1.165) is 34.2 Å². The van der Waals surface area contributed by atoms with Crippen molar-refractivity contribution in [3.8, 4) is 11.3 Å². The molecule has 6 heteroatoms.